The SMILES string of the molecule is CN[C@H]1CCN(CC(c2cccc(OC(F)(F)F)c2)C2CCCCC2O)C1. The van der Waals surface area contributed by atoms with Crippen LogP contribution in [0.25, 0.3) is 0 Å². The van der Waals surface area contributed by atoms with Crippen LogP contribution in [-0.4, -0.2) is 55.2 Å². The fourth-order valence-electron chi connectivity index (χ4n) is 4.55. The molecule has 1 saturated heterocycles. The minimum Gasteiger partial charge on any atom is -0.406 e. The van der Waals surface area contributed by atoms with Crippen LogP contribution in [0.15, 0.2) is 24.3 Å². The molecule has 1 aliphatic heterocycles. The molecule has 1 aromatic rings. The highest BCUT2D eigenvalue weighted by molar-refractivity contribution is 5.32. The number of ether oxygens (including phenoxy) is 1. The Kier molecular flexibility index (Phi) is 6.65. The molecule has 3 rings (SSSR count). The molecule has 1 heterocycles. The predicted molar refractivity (Wildman–Crippen MR) is 97.7 cm³/mol. The van der Waals surface area contributed by atoms with E-state index < -0.39 is 12.5 Å². The number of nitrogens with one attached hydrogen (secondary N) is 1. The molecule has 2 N–H and O–H groups in total. The van der Waals surface area contributed by atoms with Crippen molar-refractivity contribution in [1.82, 2.24) is 10.2 Å². The first-order valence-electron chi connectivity index (χ1n) is 9.79. The summed E-state index contributed by atoms with van der Waals surface area (Å²) in [5.74, 6) is -0.133. The average molecular weight is 386 g/mol. The largest absolute Gasteiger partial charge is 0.573 e. The number of halogens is 3. The lowest BCUT2D eigenvalue weighted by Crippen LogP contribution is -2.38. The molecular weight excluding hydrogens is 357 g/mol. The number of likely N-dealkylation sites (tertiary alicyclic amines) is 1. The van der Waals surface area contributed by atoms with Gasteiger partial charge in [0.15, 0.2) is 0 Å². The lowest BCUT2D eigenvalue weighted by atomic mass is 9.74. The van der Waals surface area contributed by atoms with E-state index in [1.54, 1.807) is 6.07 Å². The molecule has 4 nitrogen and oxygen atoms in total. The molecule has 7 heteroatoms. The normalized spacial score (nSPS) is 28.3. The summed E-state index contributed by atoms with van der Waals surface area (Å²) in [5, 5.41) is 13.9. The van der Waals surface area contributed by atoms with E-state index in [0.29, 0.717) is 6.04 Å². The lowest BCUT2D eigenvalue weighted by molar-refractivity contribution is -0.274. The van der Waals surface area contributed by atoms with Crippen LogP contribution in [-0.2, 0) is 0 Å². The van der Waals surface area contributed by atoms with Crippen molar-refractivity contribution in [2.24, 2.45) is 5.92 Å². The van der Waals surface area contributed by atoms with Gasteiger partial charge in [0, 0.05) is 25.0 Å². The molecule has 152 valence electrons. The van der Waals surface area contributed by atoms with E-state index in [-0.39, 0.29) is 17.6 Å². The summed E-state index contributed by atoms with van der Waals surface area (Å²) in [6, 6.07) is 6.74. The Morgan fingerprint density at radius 3 is 2.70 bits per heavy atom. The highest BCUT2D eigenvalue weighted by Crippen LogP contribution is 2.38. The Labute approximate surface area is 158 Å². The Balaban J connectivity index is 1.82. The van der Waals surface area contributed by atoms with Crippen LogP contribution in [0.4, 0.5) is 13.2 Å². The molecule has 1 aliphatic carbocycles. The van der Waals surface area contributed by atoms with Crippen molar-refractivity contribution in [3.8, 4) is 5.75 Å². The Morgan fingerprint density at radius 1 is 1.26 bits per heavy atom. The van der Waals surface area contributed by atoms with Gasteiger partial charge in [0.1, 0.15) is 5.75 Å². The molecular formula is C20H29F3N2O2. The summed E-state index contributed by atoms with van der Waals surface area (Å²) in [6.07, 6.45) is -0.318. The average Bonchev–Trinajstić information content (AvgIpc) is 3.07. The second kappa shape index (κ2) is 8.80. The van der Waals surface area contributed by atoms with Crippen LogP contribution < -0.4 is 10.1 Å². The Bertz CT molecular complexity index is 611. The van der Waals surface area contributed by atoms with Crippen LogP contribution in [0, 0.1) is 5.92 Å². The maximum absolute atomic E-state index is 12.6. The molecule has 4 atom stereocenters. The van der Waals surface area contributed by atoms with Gasteiger partial charge in [-0.2, -0.15) is 0 Å². The molecule has 0 amide bonds. The van der Waals surface area contributed by atoms with E-state index in [0.717, 1.165) is 57.3 Å². The number of rotatable bonds is 6. The molecule has 0 bridgehead atoms. The summed E-state index contributed by atoms with van der Waals surface area (Å²) in [6.45, 7) is 2.63. The molecule has 3 unspecified atom stereocenters. The number of hydrogen-bond acceptors (Lipinski definition) is 4. The van der Waals surface area contributed by atoms with E-state index in [1.165, 1.54) is 12.1 Å². The van der Waals surface area contributed by atoms with Gasteiger partial charge in [0.2, 0.25) is 0 Å². The monoisotopic (exact) mass is 386 g/mol. The van der Waals surface area contributed by atoms with Gasteiger partial charge in [0.25, 0.3) is 0 Å². The number of hydrogen-bond donors (Lipinski definition) is 2. The summed E-state index contributed by atoms with van der Waals surface area (Å²) in [5.41, 5.74) is 0.815. The number of likely N-dealkylation sites (N-methyl/N-ethyl adjacent to an activating group) is 1. The summed E-state index contributed by atoms with van der Waals surface area (Å²) in [4.78, 5) is 2.35. The van der Waals surface area contributed by atoms with Crippen molar-refractivity contribution in [1.29, 1.82) is 0 Å². The Hall–Kier alpha value is -1.31. The van der Waals surface area contributed by atoms with Crippen LogP contribution >= 0.6 is 0 Å². The Morgan fingerprint density at radius 2 is 2.04 bits per heavy atom. The lowest BCUT2D eigenvalue weighted by Gasteiger charge is -2.37. The highest BCUT2D eigenvalue weighted by atomic mass is 19.4. The van der Waals surface area contributed by atoms with Crippen LogP contribution in [0.2, 0.25) is 0 Å². The minimum atomic E-state index is -4.70. The van der Waals surface area contributed by atoms with Gasteiger partial charge in [-0.1, -0.05) is 25.0 Å². The summed E-state index contributed by atoms with van der Waals surface area (Å²) < 4.78 is 42.0. The number of benzene rings is 1. The molecule has 27 heavy (non-hydrogen) atoms. The summed E-state index contributed by atoms with van der Waals surface area (Å²) in [7, 11) is 1.95. The van der Waals surface area contributed by atoms with Gasteiger partial charge in [-0.3, -0.25) is 0 Å². The zero-order chi connectivity index (χ0) is 19.4. The van der Waals surface area contributed by atoms with Gasteiger partial charge in [0.05, 0.1) is 6.10 Å². The van der Waals surface area contributed by atoms with E-state index in [2.05, 4.69) is 15.0 Å². The first-order valence-corrected chi connectivity index (χ1v) is 9.79. The minimum absolute atomic E-state index is 0.00677. The molecule has 2 fully saturated rings. The van der Waals surface area contributed by atoms with Crippen molar-refractivity contribution in [3.05, 3.63) is 29.8 Å². The van der Waals surface area contributed by atoms with E-state index in [4.69, 9.17) is 0 Å². The first kappa shape index (κ1) is 20.4. The third-order valence-corrected chi connectivity index (χ3v) is 5.95. The van der Waals surface area contributed by atoms with Crippen molar-refractivity contribution in [2.75, 3.05) is 26.7 Å². The topological polar surface area (TPSA) is 44.7 Å². The second-order valence-electron chi connectivity index (χ2n) is 7.78. The molecule has 0 spiro atoms. The number of alkyl halides is 3. The maximum Gasteiger partial charge on any atom is 0.573 e. The highest BCUT2D eigenvalue weighted by Gasteiger charge is 2.35. The van der Waals surface area contributed by atoms with E-state index in [1.807, 2.05) is 13.1 Å². The second-order valence-corrected chi connectivity index (χ2v) is 7.78. The van der Waals surface area contributed by atoms with E-state index >= 15 is 0 Å². The van der Waals surface area contributed by atoms with Crippen LogP contribution in [0.3, 0.4) is 0 Å². The van der Waals surface area contributed by atoms with Crippen molar-refractivity contribution in [3.63, 3.8) is 0 Å². The zero-order valence-electron chi connectivity index (χ0n) is 15.7. The summed E-state index contributed by atoms with van der Waals surface area (Å²) >= 11 is 0. The van der Waals surface area contributed by atoms with Gasteiger partial charge in [-0.15, -0.1) is 13.2 Å². The third-order valence-electron chi connectivity index (χ3n) is 5.95. The molecule has 0 aromatic heterocycles. The quantitative estimate of drug-likeness (QED) is 0.785. The predicted octanol–water partition coefficient (Wildman–Crippen LogP) is 3.51. The zero-order valence-corrected chi connectivity index (χ0v) is 15.7. The number of aliphatic hydroxyl groups excluding tert-OH is 1. The number of aliphatic hydroxyl groups is 1. The van der Waals surface area contributed by atoms with Gasteiger partial charge >= 0.3 is 6.36 Å². The van der Waals surface area contributed by atoms with Crippen molar-refractivity contribution >= 4 is 0 Å². The molecule has 0 radical (unpaired) electrons. The number of nitrogens with zero attached hydrogens (tertiary/aromatic N) is 1. The standard InChI is InChI=1S/C20H29F3N2O2/c1-24-15-9-10-25(12-15)13-18(17-7-2-3-8-19(17)26)14-5-4-6-16(11-14)27-20(21,22)23/h4-6,11,15,17-19,24,26H,2-3,7-10,12-13H2,1H3/t15-,17?,18?,19?/m0/s1. The van der Waals surface area contributed by atoms with Gasteiger partial charge in [-0.25, -0.2) is 0 Å². The van der Waals surface area contributed by atoms with E-state index in [9.17, 15) is 18.3 Å². The van der Waals surface area contributed by atoms with Gasteiger partial charge < -0.3 is 20.1 Å². The van der Waals surface area contributed by atoms with Crippen LogP contribution in [0.5, 0.6) is 5.75 Å². The van der Waals surface area contributed by atoms with Crippen molar-refractivity contribution < 1.29 is 23.0 Å². The molecule has 1 aromatic carbocycles. The van der Waals surface area contributed by atoms with Gasteiger partial charge in [-0.05, 0) is 56.5 Å². The molecule has 2 aliphatic rings. The van der Waals surface area contributed by atoms with Crippen LogP contribution in [0.1, 0.15) is 43.6 Å². The third kappa shape index (κ3) is 5.59. The molecule has 1 saturated carbocycles. The smallest absolute Gasteiger partial charge is 0.406 e. The fraction of sp³-hybridized carbons (Fsp3) is 0.700. The fourth-order valence-corrected chi connectivity index (χ4v) is 4.55. The van der Waals surface area contributed by atoms with Crippen molar-refractivity contribution in [2.45, 2.75) is 56.5 Å². The first-order chi connectivity index (χ1) is 12.9. The maximum atomic E-state index is 12.6.